The summed E-state index contributed by atoms with van der Waals surface area (Å²) in [5, 5.41) is 3.36. The number of hydrogen-bond acceptors (Lipinski definition) is 10. The van der Waals surface area contributed by atoms with E-state index in [1.165, 1.54) is 10.9 Å². The first-order valence-corrected chi connectivity index (χ1v) is 16.5. The summed E-state index contributed by atoms with van der Waals surface area (Å²) in [5.41, 5.74) is 11.6. The number of aromatic nitrogens is 3. The van der Waals surface area contributed by atoms with Gasteiger partial charge in [0.05, 0.1) is 44.3 Å². The van der Waals surface area contributed by atoms with Gasteiger partial charge in [0.25, 0.3) is 0 Å². The fourth-order valence-corrected chi connectivity index (χ4v) is 6.56. The molecule has 3 heterocycles. The number of nitrogens with one attached hydrogen (secondary N) is 1. The number of amides is 1. The summed E-state index contributed by atoms with van der Waals surface area (Å²) >= 11 is 6.47. The molecule has 1 saturated carbocycles. The van der Waals surface area contributed by atoms with Gasteiger partial charge in [-0.1, -0.05) is 11.6 Å². The van der Waals surface area contributed by atoms with E-state index in [0.717, 1.165) is 61.3 Å². The van der Waals surface area contributed by atoms with Gasteiger partial charge < -0.3 is 39.8 Å². The van der Waals surface area contributed by atoms with Crippen LogP contribution in [-0.4, -0.2) is 79.8 Å². The molecule has 2 aromatic carbocycles. The second-order valence-corrected chi connectivity index (χ2v) is 13.2. The molecule has 2 aliphatic rings. The number of rotatable bonds is 11. The van der Waals surface area contributed by atoms with Crippen molar-refractivity contribution in [2.45, 2.75) is 63.5 Å². The van der Waals surface area contributed by atoms with Crippen molar-refractivity contribution in [3.8, 4) is 11.5 Å². The van der Waals surface area contributed by atoms with Crippen LogP contribution in [0.15, 0.2) is 48.8 Å². The van der Waals surface area contributed by atoms with Crippen molar-refractivity contribution in [2.75, 3.05) is 57.0 Å². The van der Waals surface area contributed by atoms with E-state index in [-0.39, 0.29) is 28.9 Å². The van der Waals surface area contributed by atoms with Crippen LogP contribution in [0.2, 0.25) is 5.15 Å². The molecule has 256 valence electrons. The molecule has 13 heteroatoms. The number of carbonyl (C=O) groups is 1. The highest BCUT2D eigenvalue weighted by atomic mass is 35.5. The smallest absolute Gasteiger partial charge is 0.328 e. The largest absolute Gasteiger partial charge is 0.497 e. The van der Waals surface area contributed by atoms with Crippen LogP contribution in [0, 0.1) is 0 Å². The zero-order valence-corrected chi connectivity index (χ0v) is 28.9. The van der Waals surface area contributed by atoms with Gasteiger partial charge in [-0.25, -0.2) is 19.3 Å². The number of imidazole rings is 1. The zero-order chi connectivity index (χ0) is 34.0. The molecule has 3 N–H and O–H groups in total. The molecule has 0 spiro atoms. The molecular weight excluding hydrogens is 634 g/mol. The molecule has 2 aromatic heterocycles. The number of ether oxygens (including phenoxy) is 4. The highest BCUT2D eigenvalue weighted by Crippen LogP contribution is 2.33. The van der Waals surface area contributed by atoms with Crippen molar-refractivity contribution in [1.82, 2.24) is 19.9 Å². The lowest BCUT2D eigenvalue weighted by Gasteiger charge is -2.39. The van der Waals surface area contributed by atoms with Gasteiger partial charge in [-0.2, -0.15) is 0 Å². The van der Waals surface area contributed by atoms with Crippen LogP contribution < -0.4 is 30.3 Å². The molecule has 1 aliphatic carbocycles. The molecule has 0 bridgehead atoms. The number of nitrogen functional groups attached to an aromatic ring is 1. The van der Waals surface area contributed by atoms with E-state index in [2.05, 4.69) is 33.2 Å². The number of methoxy groups -OCH3 is 3. The van der Waals surface area contributed by atoms with Crippen LogP contribution in [-0.2, 0) is 22.6 Å². The normalized spacial score (nSPS) is 18.8. The number of nitrogens with two attached hydrogens (primary N) is 1. The molecule has 1 aliphatic heterocycles. The molecule has 1 amide bonds. The lowest BCUT2D eigenvalue weighted by atomic mass is 9.89. The molecule has 0 unspecified atom stereocenters. The number of pyridine rings is 1. The minimum absolute atomic E-state index is 0.0805. The Bertz CT molecular complexity index is 1770. The predicted molar refractivity (Wildman–Crippen MR) is 187 cm³/mol. The van der Waals surface area contributed by atoms with Crippen LogP contribution >= 0.6 is 11.6 Å². The summed E-state index contributed by atoms with van der Waals surface area (Å²) in [6, 6.07) is 13.1. The number of hydrogen-bond donors (Lipinski definition) is 2. The van der Waals surface area contributed by atoms with Gasteiger partial charge in [-0.15, -0.1) is 0 Å². The predicted octanol–water partition coefficient (Wildman–Crippen LogP) is 5.63. The SMILES string of the molecule is COc1ccc(CN(C)c2cc(Cl)nc3c2ncn3C(=O)N[C@@H]2CC[C@H]2OCc2cc(N)cc(N3CCC(C)(OC)CC3)c2)c(OC)c1. The Balaban J connectivity index is 1.10. The van der Waals surface area contributed by atoms with Crippen molar-refractivity contribution in [3.63, 3.8) is 0 Å². The second-order valence-electron chi connectivity index (χ2n) is 12.8. The van der Waals surface area contributed by atoms with E-state index in [4.69, 9.17) is 36.3 Å². The third-order valence-electron chi connectivity index (χ3n) is 9.65. The van der Waals surface area contributed by atoms with Gasteiger partial charge in [0, 0.05) is 62.9 Å². The van der Waals surface area contributed by atoms with E-state index in [0.29, 0.717) is 41.5 Å². The van der Waals surface area contributed by atoms with Crippen molar-refractivity contribution in [2.24, 2.45) is 0 Å². The van der Waals surface area contributed by atoms with E-state index in [1.807, 2.05) is 42.3 Å². The van der Waals surface area contributed by atoms with Gasteiger partial charge >= 0.3 is 6.03 Å². The number of nitrogens with zero attached hydrogens (tertiary/aromatic N) is 5. The van der Waals surface area contributed by atoms with Gasteiger partial charge in [0.1, 0.15) is 28.5 Å². The summed E-state index contributed by atoms with van der Waals surface area (Å²) in [6.07, 6.45) is 4.93. The first-order valence-electron chi connectivity index (χ1n) is 16.2. The van der Waals surface area contributed by atoms with Crippen LogP contribution in [0.4, 0.5) is 21.9 Å². The van der Waals surface area contributed by atoms with Crippen LogP contribution in [0.1, 0.15) is 43.7 Å². The van der Waals surface area contributed by atoms with Gasteiger partial charge in [-0.3, -0.25) is 0 Å². The molecule has 2 fully saturated rings. The maximum absolute atomic E-state index is 13.5. The molecule has 12 nitrogen and oxygen atoms in total. The standard InChI is InChI=1S/C35H44ClN7O5/c1-35(47-5)10-12-42(13-11-35)25-15-22(14-24(37)16-25)20-48-29-9-8-27(29)39-34(44)43-21-38-32-28(18-31(36)40-33(32)43)41(2)19-23-6-7-26(45-3)17-30(23)46-4/h6-7,14-18,21,27,29H,8-13,19-20,37H2,1-5H3,(H,39,44)/t27-,29-/m1/s1. The third kappa shape index (κ3) is 7.11. The Morgan fingerprint density at radius 1 is 1.10 bits per heavy atom. The number of piperidine rings is 1. The number of benzene rings is 2. The summed E-state index contributed by atoms with van der Waals surface area (Å²) in [6.45, 7) is 4.88. The Labute approximate surface area is 286 Å². The van der Waals surface area contributed by atoms with Gasteiger partial charge in [0.2, 0.25) is 0 Å². The molecule has 0 radical (unpaired) electrons. The second kappa shape index (κ2) is 14.1. The fourth-order valence-electron chi connectivity index (χ4n) is 6.38. The Hall–Kier alpha value is -4.26. The Morgan fingerprint density at radius 3 is 2.58 bits per heavy atom. The molecular formula is C35H44ClN7O5. The van der Waals surface area contributed by atoms with Crippen LogP contribution in [0.5, 0.6) is 11.5 Å². The lowest BCUT2D eigenvalue weighted by Crippen LogP contribution is -2.52. The average Bonchev–Trinajstić information content (AvgIpc) is 3.50. The molecule has 48 heavy (non-hydrogen) atoms. The van der Waals surface area contributed by atoms with E-state index in [1.54, 1.807) is 27.4 Å². The van der Waals surface area contributed by atoms with E-state index >= 15 is 0 Å². The zero-order valence-electron chi connectivity index (χ0n) is 28.2. The minimum atomic E-state index is -0.338. The summed E-state index contributed by atoms with van der Waals surface area (Å²) < 4.78 is 24.3. The maximum Gasteiger partial charge on any atom is 0.328 e. The Kier molecular flexibility index (Phi) is 9.86. The van der Waals surface area contributed by atoms with Gasteiger partial charge in [-0.05, 0) is 68.5 Å². The number of anilines is 3. The number of carbonyl (C=O) groups excluding carboxylic acids is 1. The van der Waals surface area contributed by atoms with E-state index in [9.17, 15) is 4.79 Å². The highest BCUT2D eigenvalue weighted by Gasteiger charge is 2.34. The fraction of sp³-hybridized carbons (Fsp3) is 0.457. The average molecular weight is 678 g/mol. The van der Waals surface area contributed by atoms with Crippen LogP contribution in [0.3, 0.4) is 0 Å². The quantitative estimate of drug-likeness (QED) is 0.152. The highest BCUT2D eigenvalue weighted by molar-refractivity contribution is 6.30. The third-order valence-corrected chi connectivity index (χ3v) is 9.84. The Morgan fingerprint density at radius 2 is 1.90 bits per heavy atom. The molecule has 6 rings (SSSR count). The lowest BCUT2D eigenvalue weighted by molar-refractivity contribution is -0.0323. The number of halogens is 1. The molecule has 4 aromatic rings. The maximum atomic E-state index is 13.5. The first kappa shape index (κ1) is 33.6. The minimum Gasteiger partial charge on any atom is -0.497 e. The molecule has 1 saturated heterocycles. The molecule has 2 atom stereocenters. The first-order chi connectivity index (χ1) is 23.1. The monoisotopic (exact) mass is 677 g/mol. The van der Waals surface area contributed by atoms with Crippen molar-refractivity contribution < 1.29 is 23.7 Å². The topological polar surface area (TPSA) is 129 Å². The summed E-state index contributed by atoms with van der Waals surface area (Å²) in [7, 11) is 6.95. The summed E-state index contributed by atoms with van der Waals surface area (Å²) in [5.74, 6) is 1.41. The summed E-state index contributed by atoms with van der Waals surface area (Å²) in [4.78, 5) is 26.9. The van der Waals surface area contributed by atoms with Crippen molar-refractivity contribution in [1.29, 1.82) is 0 Å². The van der Waals surface area contributed by atoms with Gasteiger partial charge in [0.15, 0.2) is 5.65 Å². The number of fused-ring (bicyclic) bond motifs is 1. The van der Waals surface area contributed by atoms with Crippen LogP contribution in [0.25, 0.3) is 11.2 Å². The van der Waals surface area contributed by atoms with E-state index < -0.39 is 0 Å². The van der Waals surface area contributed by atoms with Crippen molar-refractivity contribution >= 4 is 45.9 Å². The van der Waals surface area contributed by atoms with Crippen molar-refractivity contribution in [3.05, 3.63) is 65.1 Å².